The van der Waals surface area contributed by atoms with E-state index in [-0.39, 0.29) is 17.5 Å². The maximum atomic E-state index is 12.8. The summed E-state index contributed by atoms with van der Waals surface area (Å²) < 4.78 is 5.16. The number of rotatable bonds is 9. The number of nitrogens with zero attached hydrogens (tertiary/aromatic N) is 1. The van der Waals surface area contributed by atoms with Gasteiger partial charge in [0.1, 0.15) is 17.3 Å². The molecule has 0 aliphatic heterocycles. The maximum absolute atomic E-state index is 12.8. The van der Waals surface area contributed by atoms with Gasteiger partial charge in [-0.05, 0) is 48.0 Å². The third-order valence-electron chi connectivity index (χ3n) is 4.34. The molecule has 0 aliphatic carbocycles. The van der Waals surface area contributed by atoms with Crippen molar-refractivity contribution in [3.63, 3.8) is 0 Å². The second-order valence-corrected chi connectivity index (χ2v) is 6.55. The van der Waals surface area contributed by atoms with Crippen molar-refractivity contribution >= 4 is 23.7 Å². The molecule has 0 spiro atoms. The highest BCUT2D eigenvalue weighted by molar-refractivity contribution is 6.05. The number of anilines is 1. The Kier molecular flexibility index (Phi) is 7.77. The molecule has 0 bridgehead atoms. The summed E-state index contributed by atoms with van der Waals surface area (Å²) in [5.74, 6) is 0.685. The number of hydrogen-bond acceptors (Lipinski definition) is 5. The van der Waals surface area contributed by atoms with Gasteiger partial charge in [-0.3, -0.25) is 9.59 Å². The van der Waals surface area contributed by atoms with E-state index in [2.05, 4.69) is 20.9 Å². The SMILES string of the molecule is COc1ccc(/C=C(/NC(=O)c2ccccc2)C(=O)NCCNc2ccccn2)cc1. The van der Waals surface area contributed by atoms with Crippen LogP contribution >= 0.6 is 0 Å². The van der Waals surface area contributed by atoms with Gasteiger partial charge in [-0.15, -0.1) is 0 Å². The summed E-state index contributed by atoms with van der Waals surface area (Å²) in [5.41, 5.74) is 1.37. The largest absolute Gasteiger partial charge is 0.497 e. The standard InChI is InChI=1S/C24H24N4O3/c1-31-20-12-10-18(11-13-20)17-21(28-23(29)19-7-3-2-4-8-19)24(30)27-16-15-26-22-9-5-6-14-25-22/h2-14,17H,15-16H2,1H3,(H,25,26)(H,27,30)(H,28,29)/b21-17+. The number of aromatic nitrogens is 1. The summed E-state index contributed by atoms with van der Waals surface area (Å²) in [6, 6.07) is 21.5. The van der Waals surface area contributed by atoms with Crippen molar-refractivity contribution in [3.05, 3.63) is 95.8 Å². The first-order chi connectivity index (χ1) is 15.2. The summed E-state index contributed by atoms with van der Waals surface area (Å²) in [6.45, 7) is 0.849. The molecule has 3 rings (SSSR count). The van der Waals surface area contributed by atoms with E-state index in [9.17, 15) is 9.59 Å². The maximum Gasteiger partial charge on any atom is 0.267 e. The Morgan fingerprint density at radius 2 is 1.68 bits per heavy atom. The third kappa shape index (κ3) is 6.71. The zero-order chi connectivity index (χ0) is 21.9. The number of pyridine rings is 1. The minimum Gasteiger partial charge on any atom is -0.497 e. The Morgan fingerprint density at radius 1 is 0.935 bits per heavy atom. The zero-order valence-corrected chi connectivity index (χ0v) is 17.2. The van der Waals surface area contributed by atoms with Crippen LogP contribution in [0.3, 0.4) is 0 Å². The summed E-state index contributed by atoms with van der Waals surface area (Å²) in [7, 11) is 1.59. The van der Waals surface area contributed by atoms with Gasteiger partial charge in [0.25, 0.3) is 11.8 Å². The Bertz CT molecular complexity index is 1020. The van der Waals surface area contributed by atoms with Gasteiger partial charge < -0.3 is 20.7 Å². The van der Waals surface area contributed by atoms with Gasteiger partial charge in [0.2, 0.25) is 0 Å². The predicted molar refractivity (Wildman–Crippen MR) is 121 cm³/mol. The molecule has 0 radical (unpaired) electrons. The van der Waals surface area contributed by atoms with Crippen molar-refractivity contribution in [2.24, 2.45) is 0 Å². The predicted octanol–water partition coefficient (Wildman–Crippen LogP) is 3.09. The monoisotopic (exact) mass is 416 g/mol. The molecule has 0 saturated heterocycles. The van der Waals surface area contributed by atoms with E-state index in [1.807, 2.05) is 36.4 Å². The van der Waals surface area contributed by atoms with Crippen LogP contribution in [0.1, 0.15) is 15.9 Å². The van der Waals surface area contributed by atoms with Crippen LogP contribution in [0.2, 0.25) is 0 Å². The van der Waals surface area contributed by atoms with E-state index in [1.54, 1.807) is 55.8 Å². The molecule has 7 heteroatoms. The lowest BCUT2D eigenvalue weighted by Crippen LogP contribution is -2.36. The molecular formula is C24H24N4O3. The van der Waals surface area contributed by atoms with Crippen LogP contribution in [-0.2, 0) is 4.79 Å². The zero-order valence-electron chi connectivity index (χ0n) is 17.2. The van der Waals surface area contributed by atoms with Gasteiger partial charge >= 0.3 is 0 Å². The average molecular weight is 416 g/mol. The Hall–Kier alpha value is -4.13. The fourth-order valence-electron chi connectivity index (χ4n) is 2.74. The Morgan fingerprint density at radius 3 is 2.35 bits per heavy atom. The van der Waals surface area contributed by atoms with Crippen LogP contribution in [0.5, 0.6) is 5.75 Å². The molecule has 31 heavy (non-hydrogen) atoms. The second-order valence-electron chi connectivity index (χ2n) is 6.55. The molecule has 2 aromatic carbocycles. The number of methoxy groups -OCH3 is 1. The molecule has 3 N–H and O–H groups in total. The van der Waals surface area contributed by atoms with E-state index in [4.69, 9.17) is 4.74 Å². The lowest BCUT2D eigenvalue weighted by molar-refractivity contribution is -0.117. The van der Waals surface area contributed by atoms with Crippen LogP contribution in [0.25, 0.3) is 6.08 Å². The molecule has 0 fully saturated rings. The molecule has 158 valence electrons. The van der Waals surface area contributed by atoms with E-state index in [0.717, 1.165) is 11.4 Å². The van der Waals surface area contributed by atoms with Crippen molar-refractivity contribution in [2.75, 3.05) is 25.5 Å². The fourth-order valence-corrected chi connectivity index (χ4v) is 2.74. The molecule has 1 aromatic heterocycles. The average Bonchev–Trinajstić information content (AvgIpc) is 2.83. The Labute approximate surface area is 181 Å². The van der Waals surface area contributed by atoms with Crippen molar-refractivity contribution in [1.82, 2.24) is 15.6 Å². The van der Waals surface area contributed by atoms with Crippen molar-refractivity contribution < 1.29 is 14.3 Å². The molecular weight excluding hydrogens is 392 g/mol. The van der Waals surface area contributed by atoms with E-state index >= 15 is 0 Å². The number of amides is 2. The first-order valence-electron chi connectivity index (χ1n) is 9.81. The molecule has 7 nitrogen and oxygen atoms in total. The molecule has 0 aliphatic rings. The summed E-state index contributed by atoms with van der Waals surface area (Å²) >= 11 is 0. The summed E-state index contributed by atoms with van der Waals surface area (Å²) in [6.07, 6.45) is 3.32. The fraction of sp³-hybridized carbons (Fsp3) is 0.125. The van der Waals surface area contributed by atoms with Crippen LogP contribution in [0.4, 0.5) is 5.82 Å². The van der Waals surface area contributed by atoms with Gasteiger partial charge in [-0.25, -0.2) is 4.98 Å². The summed E-state index contributed by atoms with van der Waals surface area (Å²) in [5, 5.41) is 8.65. The van der Waals surface area contributed by atoms with E-state index in [1.165, 1.54) is 0 Å². The van der Waals surface area contributed by atoms with Crippen LogP contribution < -0.4 is 20.7 Å². The van der Waals surface area contributed by atoms with E-state index < -0.39 is 0 Å². The van der Waals surface area contributed by atoms with E-state index in [0.29, 0.717) is 24.4 Å². The Balaban J connectivity index is 1.68. The summed E-state index contributed by atoms with van der Waals surface area (Å²) in [4.78, 5) is 29.6. The van der Waals surface area contributed by atoms with Crippen LogP contribution in [0, 0.1) is 0 Å². The lowest BCUT2D eigenvalue weighted by atomic mass is 10.1. The van der Waals surface area contributed by atoms with Gasteiger partial charge in [0.15, 0.2) is 0 Å². The number of hydrogen-bond donors (Lipinski definition) is 3. The highest BCUT2D eigenvalue weighted by atomic mass is 16.5. The lowest BCUT2D eigenvalue weighted by Gasteiger charge is -2.12. The third-order valence-corrected chi connectivity index (χ3v) is 4.34. The number of benzene rings is 2. The highest BCUT2D eigenvalue weighted by Crippen LogP contribution is 2.14. The minimum absolute atomic E-state index is 0.150. The van der Waals surface area contributed by atoms with Crippen molar-refractivity contribution in [1.29, 1.82) is 0 Å². The molecule has 3 aromatic rings. The van der Waals surface area contributed by atoms with Gasteiger partial charge in [0, 0.05) is 24.8 Å². The number of carbonyl (C=O) groups is 2. The second kappa shape index (κ2) is 11.2. The number of carbonyl (C=O) groups excluding carboxylic acids is 2. The highest BCUT2D eigenvalue weighted by Gasteiger charge is 2.14. The normalized spacial score (nSPS) is 10.8. The van der Waals surface area contributed by atoms with Crippen molar-refractivity contribution in [2.45, 2.75) is 0 Å². The molecule has 0 unspecified atom stereocenters. The molecule has 0 saturated carbocycles. The topological polar surface area (TPSA) is 92.3 Å². The van der Waals surface area contributed by atoms with Crippen LogP contribution in [0.15, 0.2) is 84.7 Å². The minimum atomic E-state index is -0.386. The molecule has 1 heterocycles. The molecule has 2 amide bonds. The smallest absolute Gasteiger partial charge is 0.267 e. The quantitative estimate of drug-likeness (QED) is 0.368. The van der Waals surface area contributed by atoms with Crippen molar-refractivity contribution in [3.8, 4) is 5.75 Å². The number of ether oxygens (including phenoxy) is 1. The van der Waals surface area contributed by atoms with Gasteiger partial charge in [-0.1, -0.05) is 36.4 Å². The first kappa shape index (κ1) is 21.6. The molecule has 0 atom stereocenters. The first-order valence-corrected chi connectivity index (χ1v) is 9.81. The van der Waals surface area contributed by atoms with Gasteiger partial charge in [-0.2, -0.15) is 0 Å². The van der Waals surface area contributed by atoms with Crippen LogP contribution in [-0.4, -0.2) is 37.0 Å². The number of nitrogens with one attached hydrogen (secondary N) is 3. The van der Waals surface area contributed by atoms with Gasteiger partial charge in [0.05, 0.1) is 7.11 Å².